The Morgan fingerprint density at radius 3 is 2.43 bits per heavy atom. The van der Waals surface area contributed by atoms with E-state index in [0.717, 1.165) is 0 Å². The van der Waals surface area contributed by atoms with Gasteiger partial charge in [0.25, 0.3) is 0 Å². The Balaban J connectivity index is 2.78. The van der Waals surface area contributed by atoms with Crippen molar-refractivity contribution in [1.82, 2.24) is 5.32 Å². The molecule has 0 fully saturated rings. The predicted octanol–water partition coefficient (Wildman–Crippen LogP) is 3.17. The van der Waals surface area contributed by atoms with Crippen molar-refractivity contribution in [3.05, 3.63) is 18.2 Å². The molecule has 2 amide bonds. The summed E-state index contributed by atoms with van der Waals surface area (Å²) in [5.74, 6) is 0.829. The number of hydrogen-bond acceptors (Lipinski definition) is 3. The minimum Gasteiger partial charge on any atom is -0.494 e. The zero-order chi connectivity index (χ0) is 15.9. The van der Waals surface area contributed by atoms with E-state index in [9.17, 15) is 18.0 Å². The Morgan fingerprint density at radius 2 is 1.86 bits per heavy atom. The van der Waals surface area contributed by atoms with Gasteiger partial charge < -0.3 is 20.1 Å². The first-order valence-corrected chi connectivity index (χ1v) is 6.37. The van der Waals surface area contributed by atoms with Crippen LogP contribution in [-0.2, 0) is 0 Å². The molecule has 1 aromatic rings. The van der Waals surface area contributed by atoms with Gasteiger partial charge in [-0.15, -0.1) is 0 Å². The summed E-state index contributed by atoms with van der Waals surface area (Å²) in [6.07, 6.45) is -4.47. The summed E-state index contributed by atoms with van der Waals surface area (Å²) < 4.78 is 46.7. The highest BCUT2D eigenvalue weighted by Gasteiger charge is 2.27. The van der Waals surface area contributed by atoms with E-state index in [0.29, 0.717) is 24.7 Å². The van der Waals surface area contributed by atoms with Crippen LogP contribution in [0.25, 0.3) is 0 Å². The Kier molecular flexibility index (Phi) is 6.13. The molecule has 0 radical (unpaired) electrons. The van der Waals surface area contributed by atoms with Crippen LogP contribution in [0.15, 0.2) is 18.2 Å². The topological polar surface area (TPSA) is 59.6 Å². The van der Waals surface area contributed by atoms with Crippen LogP contribution < -0.4 is 20.1 Å². The molecule has 8 heteroatoms. The molecule has 1 rings (SSSR count). The van der Waals surface area contributed by atoms with Crippen LogP contribution >= 0.6 is 0 Å². The number of carbonyl (C=O) groups excluding carboxylic acids is 1. The van der Waals surface area contributed by atoms with Gasteiger partial charge in [0.2, 0.25) is 0 Å². The average Bonchev–Trinajstić information content (AvgIpc) is 2.39. The number of rotatable bonds is 6. The number of nitrogens with one attached hydrogen (secondary N) is 2. The number of ether oxygens (including phenoxy) is 2. The predicted molar refractivity (Wildman–Crippen MR) is 71.9 cm³/mol. The third-order valence-electron chi connectivity index (χ3n) is 2.26. The molecule has 0 heterocycles. The van der Waals surface area contributed by atoms with Crippen molar-refractivity contribution in [1.29, 1.82) is 0 Å². The second-order valence-electron chi connectivity index (χ2n) is 3.95. The van der Waals surface area contributed by atoms with E-state index in [1.807, 2.05) is 0 Å². The smallest absolute Gasteiger partial charge is 0.405 e. The van der Waals surface area contributed by atoms with Gasteiger partial charge in [0, 0.05) is 6.07 Å². The van der Waals surface area contributed by atoms with Crippen molar-refractivity contribution < 1.29 is 27.4 Å². The molecule has 0 atom stereocenters. The normalized spacial score (nSPS) is 10.9. The van der Waals surface area contributed by atoms with Crippen LogP contribution in [0.4, 0.5) is 23.7 Å². The quantitative estimate of drug-likeness (QED) is 0.848. The first-order chi connectivity index (χ1) is 9.85. The maximum Gasteiger partial charge on any atom is 0.405 e. The Hall–Kier alpha value is -2.12. The van der Waals surface area contributed by atoms with Gasteiger partial charge in [-0.2, -0.15) is 13.2 Å². The Morgan fingerprint density at radius 1 is 1.19 bits per heavy atom. The number of hydrogen-bond donors (Lipinski definition) is 2. The maximum absolute atomic E-state index is 12.0. The molecule has 2 N–H and O–H groups in total. The second-order valence-corrected chi connectivity index (χ2v) is 3.95. The zero-order valence-corrected chi connectivity index (χ0v) is 11.7. The van der Waals surface area contributed by atoms with Crippen molar-refractivity contribution >= 4 is 11.7 Å². The van der Waals surface area contributed by atoms with Gasteiger partial charge in [0.05, 0.1) is 18.9 Å². The molecule has 0 aliphatic rings. The third-order valence-corrected chi connectivity index (χ3v) is 2.26. The lowest BCUT2D eigenvalue weighted by Gasteiger charge is -2.14. The molecule has 0 aliphatic carbocycles. The number of anilines is 1. The Bertz CT molecular complexity index is 478. The SMILES string of the molecule is CCOc1ccc(OCC)c(NC(=O)NCC(F)(F)F)c1. The van der Waals surface area contributed by atoms with Gasteiger partial charge in [-0.1, -0.05) is 0 Å². The van der Waals surface area contributed by atoms with Crippen LogP contribution in [0.3, 0.4) is 0 Å². The van der Waals surface area contributed by atoms with E-state index < -0.39 is 18.8 Å². The lowest BCUT2D eigenvalue weighted by molar-refractivity contribution is -0.122. The molecule has 0 saturated heterocycles. The minimum absolute atomic E-state index is 0.238. The van der Waals surface area contributed by atoms with Gasteiger partial charge in [-0.3, -0.25) is 0 Å². The van der Waals surface area contributed by atoms with Gasteiger partial charge >= 0.3 is 12.2 Å². The first kappa shape index (κ1) is 16.9. The fraction of sp³-hybridized carbons (Fsp3) is 0.462. The molecule has 0 bridgehead atoms. The zero-order valence-electron chi connectivity index (χ0n) is 11.7. The summed E-state index contributed by atoms with van der Waals surface area (Å²) in [5, 5.41) is 4.03. The standard InChI is InChI=1S/C13H17F3N2O3/c1-3-20-9-5-6-11(21-4-2)10(7-9)18-12(19)17-8-13(14,15)16/h5-7H,3-4,8H2,1-2H3,(H2,17,18,19). The van der Waals surface area contributed by atoms with Crippen LogP contribution in [0.5, 0.6) is 11.5 Å². The van der Waals surface area contributed by atoms with E-state index in [1.165, 1.54) is 6.07 Å². The number of amides is 2. The monoisotopic (exact) mass is 306 g/mol. The molecule has 0 spiro atoms. The lowest BCUT2D eigenvalue weighted by atomic mass is 10.2. The second kappa shape index (κ2) is 7.61. The van der Waals surface area contributed by atoms with E-state index in [2.05, 4.69) is 5.32 Å². The first-order valence-electron chi connectivity index (χ1n) is 6.37. The minimum atomic E-state index is -4.47. The van der Waals surface area contributed by atoms with Gasteiger partial charge in [0.15, 0.2) is 0 Å². The lowest BCUT2D eigenvalue weighted by Crippen LogP contribution is -2.36. The van der Waals surface area contributed by atoms with Crippen LogP contribution in [0, 0.1) is 0 Å². The largest absolute Gasteiger partial charge is 0.494 e. The average molecular weight is 306 g/mol. The van der Waals surface area contributed by atoms with Crippen LogP contribution in [0.1, 0.15) is 13.8 Å². The summed E-state index contributed by atoms with van der Waals surface area (Å²) in [4.78, 5) is 11.5. The van der Waals surface area contributed by atoms with Crippen molar-refractivity contribution in [3.8, 4) is 11.5 Å². The molecule has 5 nitrogen and oxygen atoms in total. The molecule has 0 unspecified atom stereocenters. The fourth-order valence-corrected chi connectivity index (χ4v) is 1.49. The summed E-state index contributed by atoms with van der Waals surface area (Å²) >= 11 is 0. The summed E-state index contributed by atoms with van der Waals surface area (Å²) in [6, 6.07) is 3.74. The van der Waals surface area contributed by atoms with Crippen molar-refractivity contribution in [3.63, 3.8) is 0 Å². The fourth-order valence-electron chi connectivity index (χ4n) is 1.49. The third kappa shape index (κ3) is 6.24. The number of benzene rings is 1. The highest BCUT2D eigenvalue weighted by Crippen LogP contribution is 2.29. The summed E-state index contributed by atoms with van der Waals surface area (Å²) in [5.41, 5.74) is 0.238. The van der Waals surface area contributed by atoms with Crippen molar-refractivity contribution in [2.45, 2.75) is 20.0 Å². The molecule has 0 saturated carbocycles. The maximum atomic E-state index is 12.0. The molecule has 21 heavy (non-hydrogen) atoms. The molecule has 1 aromatic carbocycles. The molecular weight excluding hydrogens is 289 g/mol. The van der Waals surface area contributed by atoms with E-state index in [4.69, 9.17) is 9.47 Å². The van der Waals surface area contributed by atoms with Crippen LogP contribution in [0.2, 0.25) is 0 Å². The highest BCUT2D eigenvalue weighted by molar-refractivity contribution is 5.91. The number of alkyl halides is 3. The van der Waals surface area contributed by atoms with E-state index >= 15 is 0 Å². The summed E-state index contributed by atoms with van der Waals surface area (Å²) in [6.45, 7) is 2.91. The summed E-state index contributed by atoms with van der Waals surface area (Å²) in [7, 11) is 0. The van der Waals surface area contributed by atoms with Gasteiger partial charge in [-0.05, 0) is 26.0 Å². The van der Waals surface area contributed by atoms with E-state index in [-0.39, 0.29) is 5.69 Å². The molecule has 0 aromatic heterocycles. The number of halogens is 3. The number of carbonyl (C=O) groups is 1. The van der Waals surface area contributed by atoms with Crippen LogP contribution in [-0.4, -0.2) is 32.0 Å². The number of urea groups is 1. The molecular formula is C13H17F3N2O3. The van der Waals surface area contributed by atoms with Gasteiger partial charge in [0.1, 0.15) is 18.0 Å². The molecule has 0 aliphatic heterocycles. The van der Waals surface area contributed by atoms with Crippen molar-refractivity contribution in [2.75, 3.05) is 25.1 Å². The molecule has 118 valence electrons. The Labute approximate surface area is 120 Å². The van der Waals surface area contributed by atoms with E-state index in [1.54, 1.807) is 31.3 Å². The highest BCUT2D eigenvalue weighted by atomic mass is 19.4. The van der Waals surface area contributed by atoms with Gasteiger partial charge in [-0.25, -0.2) is 4.79 Å². The van der Waals surface area contributed by atoms with Crippen molar-refractivity contribution in [2.24, 2.45) is 0 Å².